The number of benzene rings is 1. The minimum Gasteiger partial charge on any atom is -0.379 e. The maximum Gasteiger partial charge on any atom is 0.248 e. The lowest BCUT2D eigenvalue weighted by molar-refractivity contribution is -0.0369. The molecule has 132 valence electrons. The van der Waals surface area contributed by atoms with Gasteiger partial charge in [-0.25, -0.2) is 0 Å². The van der Waals surface area contributed by atoms with E-state index < -0.39 is 0 Å². The van der Waals surface area contributed by atoms with Crippen molar-refractivity contribution in [3.8, 4) is 0 Å². The molecule has 5 nitrogen and oxygen atoms in total. The fourth-order valence-electron chi connectivity index (χ4n) is 4.13. The average molecular weight is 331 g/mol. The van der Waals surface area contributed by atoms with Gasteiger partial charge in [0.15, 0.2) is 0 Å². The van der Waals surface area contributed by atoms with Crippen molar-refractivity contribution in [1.82, 2.24) is 10.2 Å². The van der Waals surface area contributed by atoms with E-state index in [0.717, 1.165) is 45.0 Å². The topological polar surface area (TPSA) is 67.6 Å². The smallest absolute Gasteiger partial charge is 0.248 e. The van der Waals surface area contributed by atoms with Crippen molar-refractivity contribution >= 4 is 5.91 Å². The Morgan fingerprint density at radius 1 is 1.21 bits per heavy atom. The van der Waals surface area contributed by atoms with Crippen molar-refractivity contribution in [3.05, 3.63) is 35.4 Å². The molecule has 1 aliphatic heterocycles. The molecular formula is C19H29N3O2. The number of nitrogens with two attached hydrogens (primary N) is 1. The van der Waals surface area contributed by atoms with E-state index in [2.05, 4.69) is 10.2 Å². The molecule has 2 aliphatic rings. The summed E-state index contributed by atoms with van der Waals surface area (Å²) in [6.45, 7) is 5.55. The number of carbonyl (C=O) groups excluding carboxylic acids is 1. The maximum absolute atomic E-state index is 11.3. The second kappa shape index (κ2) is 8.10. The molecule has 0 radical (unpaired) electrons. The van der Waals surface area contributed by atoms with Gasteiger partial charge in [0.25, 0.3) is 0 Å². The molecule has 1 saturated carbocycles. The largest absolute Gasteiger partial charge is 0.379 e. The fourth-order valence-corrected chi connectivity index (χ4v) is 4.13. The normalized spacial score (nSPS) is 21.5. The quantitative estimate of drug-likeness (QED) is 0.835. The Labute approximate surface area is 144 Å². The van der Waals surface area contributed by atoms with E-state index in [1.54, 1.807) is 6.07 Å². The summed E-state index contributed by atoms with van der Waals surface area (Å²) in [4.78, 5) is 14.0. The van der Waals surface area contributed by atoms with E-state index >= 15 is 0 Å². The minimum atomic E-state index is -0.367. The van der Waals surface area contributed by atoms with Crippen LogP contribution < -0.4 is 11.1 Å². The zero-order valence-electron chi connectivity index (χ0n) is 14.4. The van der Waals surface area contributed by atoms with Crippen LogP contribution >= 0.6 is 0 Å². The number of ether oxygens (including phenoxy) is 1. The van der Waals surface area contributed by atoms with Crippen LogP contribution in [-0.2, 0) is 11.3 Å². The third kappa shape index (κ3) is 4.15. The van der Waals surface area contributed by atoms with Gasteiger partial charge >= 0.3 is 0 Å². The van der Waals surface area contributed by atoms with Crippen LogP contribution in [0.1, 0.15) is 48.0 Å². The van der Waals surface area contributed by atoms with Crippen LogP contribution in [0.15, 0.2) is 24.3 Å². The summed E-state index contributed by atoms with van der Waals surface area (Å²) < 4.78 is 5.54. The number of hydrogen-bond donors (Lipinski definition) is 2. The molecule has 2 fully saturated rings. The van der Waals surface area contributed by atoms with Crippen LogP contribution in [0, 0.1) is 0 Å². The predicted molar refractivity (Wildman–Crippen MR) is 94.9 cm³/mol. The summed E-state index contributed by atoms with van der Waals surface area (Å²) in [6, 6.07) is 7.59. The monoisotopic (exact) mass is 331 g/mol. The van der Waals surface area contributed by atoms with Crippen LogP contribution in [0.3, 0.4) is 0 Å². The highest BCUT2D eigenvalue weighted by Crippen LogP contribution is 2.33. The van der Waals surface area contributed by atoms with E-state index in [1.165, 1.54) is 32.1 Å². The highest BCUT2D eigenvalue weighted by atomic mass is 16.5. The lowest BCUT2D eigenvalue weighted by atomic mass is 9.79. The summed E-state index contributed by atoms with van der Waals surface area (Å²) >= 11 is 0. The fraction of sp³-hybridized carbons (Fsp3) is 0.632. The second-order valence-corrected chi connectivity index (χ2v) is 7.05. The standard InChI is InChI=1S/C19H29N3O2/c20-18(23)17-6-4-5-16(13-17)14-21-15-19(7-2-1-3-8-19)22-9-11-24-12-10-22/h4-6,13,21H,1-3,7-12,14-15H2,(H2,20,23). The zero-order valence-corrected chi connectivity index (χ0v) is 14.4. The average Bonchev–Trinajstić information content (AvgIpc) is 2.63. The summed E-state index contributed by atoms with van der Waals surface area (Å²) in [5.74, 6) is -0.367. The molecule has 0 bridgehead atoms. The van der Waals surface area contributed by atoms with Gasteiger partial charge in [-0.05, 0) is 30.5 Å². The van der Waals surface area contributed by atoms with Crippen molar-refractivity contribution in [2.45, 2.75) is 44.2 Å². The lowest BCUT2D eigenvalue weighted by Gasteiger charge is -2.48. The number of nitrogens with zero attached hydrogens (tertiary/aromatic N) is 1. The van der Waals surface area contributed by atoms with Crippen LogP contribution in [-0.4, -0.2) is 49.2 Å². The van der Waals surface area contributed by atoms with Gasteiger partial charge in [0.1, 0.15) is 0 Å². The molecule has 1 aromatic rings. The van der Waals surface area contributed by atoms with Crippen molar-refractivity contribution in [3.63, 3.8) is 0 Å². The predicted octanol–water partition coefficient (Wildman–Crippen LogP) is 1.91. The Morgan fingerprint density at radius 2 is 1.96 bits per heavy atom. The van der Waals surface area contributed by atoms with Crippen molar-refractivity contribution in [2.24, 2.45) is 5.73 Å². The van der Waals surface area contributed by atoms with Gasteiger partial charge in [-0.15, -0.1) is 0 Å². The molecule has 24 heavy (non-hydrogen) atoms. The second-order valence-electron chi connectivity index (χ2n) is 7.05. The molecule has 1 aromatic carbocycles. The minimum absolute atomic E-state index is 0.267. The third-order valence-corrected chi connectivity index (χ3v) is 5.46. The van der Waals surface area contributed by atoms with Gasteiger partial charge in [0.2, 0.25) is 5.91 Å². The van der Waals surface area contributed by atoms with Crippen LogP contribution in [0.25, 0.3) is 0 Å². The van der Waals surface area contributed by atoms with Crippen LogP contribution in [0.4, 0.5) is 0 Å². The van der Waals surface area contributed by atoms with Gasteiger partial charge in [-0.1, -0.05) is 31.4 Å². The Hall–Kier alpha value is -1.43. The molecule has 1 amide bonds. The van der Waals surface area contributed by atoms with E-state index in [0.29, 0.717) is 5.56 Å². The molecule has 1 saturated heterocycles. The number of nitrogens with one attached hydrogen (secondary N) is 1. The SMILES string of the molecule is NC(=O)c1cccc(CNCC2(N3CCOCC3)CCCCC2)c1. The van der Waals surface area contributed by atoms with Crippen molar-refractivity contribution in [2.75, 3.05) is 32.8 Å². The van der Waals surface area contributed by atoms with Crippen molar-refractivity contribution < 1.29 is 9.53 Å². The maximum atomic E-state index is 11.3. The van der Waals surface area contributed by atoms with E-state index in [9.17, 15) is 4.79 Å². The molecular weight excluding hydrogens is 302 g/mol. The van der Waals surface area contributed by atoms with Gasteiger partial charge in [0, 0.05) is 37.3 Å². The molecule has 0 atom stereocenters. The van der Waals surface area contributed by atoms with Gasteiger partial charge in [0.05, 0.1) is 13.2 Å². The molecule has 5 heteroatoms. The first-order chi connectivity index (χ1) is 11.7. The van der Waals surface area contributed by atoms with E-state index in [1.807, 2.05) is 18.2 Å². The first-order valence-corrected chi connectivity index (χ1v) is 9.12. The summed E-state index contributed by atoms with van der Waals surface area (Å²) in [6.07, 6.45) is 6.52. The zero-order chi connectivity index (χ0) is 16.8. The third-order valence-electron chi connectivity index (χ3n) is 5.46. The number of amides is 1. The molecule has 3 N–H and O–H groups in total. The van der Waals surface area contributed by atoms with E-state index in [-0.39, 0.29) is 11.4 Å². The summed E-state index contributed by atoms with van der Waals surface area (Å²) in [5.41, 5.74) is 7.33. The number of carbonyl (C=O) groups is 1. The summed E-state index contributed by atoms with van der Waals surface area (Å²) in [5, 5.41) is 3.64. The Kier molecular flexibility index (Phi) is 5.87. The molecule has 0 spiro atoms. The Morgan fingerprint density at radius 3 is 2.67 bits per heavy atom. The van der Waals surface area contributed by atoms with Gasteiger partial charge < -0.3 is 15.8 Å². The molecule has 1 heterocycles. The molecule has 3 rings (SSSR count). The van der Waals surface area contributed by atoms with Crippen LogP contribution in [0.2, 0.25) is 0 Å². The summed E-state index contributed by atoms with van der Waals surface area (Å²) in [7, 11) is 0. The number of rotatable bonds is 6. The first kappa shape index (κ1) is 17.4. The number of morpholine rings is 1. The molecule has 0 unspecified atom stereocenters. The highest BCUT2D eigenvalue weighted by molar-refractivity contribution is 5.92. The van der Waals surface area contributed by atoms with Crippen molar-refractivity contribution in [1.29, 1.82) is 0 Å². The van der Waals surface area contributed by atoms with Crippen LogP contribution in [0.5, 0.6) is 0 Å². The van der Waals surface area contributed by atoms with Gasteiger partial charge in [-0.2, -0.15) is 0 Å². The van der Waals surface area contributed by atoms with Gasteiger partial charge in [-0.3, -0.25) is 9.69 Å². The lowest BCUT2D eigenvalue weighted by Crippen LogP contribution is -2.59. The number of hydrogen-bond acceptors (Lipinski definition) is 4. The Balaban J connectivity index is 1.61. The van der Waals surface area contributed by atoms with E-state index in [4.69, 9.17) is 10.5 Å². The molecule has 1 aliphatic carbocycles. The Bertz CT molecular complexity index is 549. The first-order valence-electron chi connectivity index (χ1n) is 9.12. The highest BCUT2D eigenvalue weighted by Gasteiger charge is 2.38. The number of primary amides is 1. The molecule has 0 aromatic heterocycles.